The van der Waals surface area contributed by atoms with Gasteiger partial charge < -0.3 is 5.73 Å². The summed E-state index contributed by atoms with van der Waals surface area (Å²) in [4.78, 5) is 4.53. The maximum Gasteiger partial charge on any atom is 0.0398 e. The molecule has 0 saturated heterocycles. The predicted molar refractivity (Wildman–Crippen MR) is 69.4 cm³/mol. The summed E-state index contributed by atoms with van der Waals surface area (Å²) in [6.07, 6.45) is 16.4. The smallest absolute Gasteiger partial charge is 0.0398 e. The Morgan fingerprint density at radius 2 is 2.25 bits per heavy atom. The highest BCUT2D eigenvalue weighted by Crippen LogP contribution is 2.29. The molecular formula is C14H20N2. The number of hydrogen-bond acceptors (Lipinski definition) is 2. The van der Waals surface area contributed by atoms with Gasteiger partial charge in [0.1, 0.15) is 0 Å². The quantitative estimate of drug-likeness (QED) is 0.708. The molecule has 0 amide bonds. The molecule has 2 aliphatic rings. The molecule has 0 spiro atoms. The highest BCUT2D eigenvalue weighted by molar-refractivity contribution is 5.72. The van der Waals surface area contributed by atoms with Gasteiger partial charge in [0.2, 0.25) is 0 Å². The standard InChI is InChI=1S/C14H20N2/c15-11-12-5-4-6-13(9-8-12)14-7-2-1-3-10-16-14/h1,3,5,7,10,13H,2,4,6,8-9,11,15H2. The van der Waals surface area contributed by atoms with E-state index in [0.717, 1.165) is 25.8 Å². The molecule has 2 nitrogen and oxygen atoms in total. The zero-order valence-electron chi connectivity index (χ0n) is 9.73. The SMILES string of the molecule is NCC1=CCCC(C2=CCC=CC=N2)CC1. The molecule has 1 unspecified atom stereocenters. The average Bonchev–Trinajstić information content (AvgIpc) is 2.71. The molecular weight excluding hydrogens is 196 g/mol. The van der Waals surface area contributed by atoms with Crippen molar-refractivity contribution in [1.29, 1.82) is 0 Å². The molecule has 2 rings (SSSR count). The van der Waals surface area contributed by atoms with Gasteiger partial charge in [-0.25, -0.2) is 0 Å². The van der Waals surface area contributed by atoms with Crippen LogP contribution in [0.15, 0.2) is 40.6 Å². The number of nitrogens with two attached hydrogens (primary N) is 1. The van der Waals surface area contributed by atoms with Gasteiger partial charge >= 0.3 is 0 Å². The van der Waals surface area contributed by atoms with Gasteiger partial charge in [0, 0.05) is 24.4 Å². The molecule has 1 aliphatic heterocycles. The Bertz CT molecular complexity index is 348. The van der Waals surface area contributed by atoms with Gasteiger partial charge in [0.05, 0.1) is 0 Å². The van der Waals surface area contributed by atoms with Crippen LogP contribution in [-0.4, -0.2) is 12.8 Å². The molecule has 0 radical (unpaired) electrons. The van der Waals surface area contributed by atoms with Crippen molar-refractivity contribution < 1.29 is 0 Å². The molecule has 1 aliphatic carbocycles. The second kappa shape index (κ2) is 5.80. The Balaban J connectivity index is 1.99. The Morgan fingerprint density at radius 1 is 1.31 bits per heavy atom. The van der Waals surface area contributed by atoms with Crippen molar-refractivity contribution in [3.63, 3.8) is 0 Å². The fourth-order valence-electron chi connectivity index (χ4n) is 2.36. The minimum Gasteiger partial charge on any atom is -0.327 e. The van der Waals surface area contributed by atoms with E-state index in [1.807, 2.05) is 12.3 Å². The van der Waals surface area contributed by atoms with Crippen LogP contribution in [0.2, 0.25) is 0 Å². The Morgan fingerprint density at radius 3 is 3.12 bits per heavy atom. The van der Waals surface area contributed by atoms with E-state index in [1.54, 1.807) is 0 Å². The summed E-state index contributed by atoms with van der Waals surface area (Å²) in [7, 11) is 0. The fourth-order valence-corrected chi connectivity index (χ4v) is 2.36. The first-order valence-electron chi connectivity index (χ1n) is 6.17. The lowest BCUT2D eigenvalue weighted by atomic mass is 9.95. The van der Waals surface area contributed by atoms with Gasteiger partial charge in [-0.2, -0.15) is 0 Å². The topological polar surface area (TPSA) is 38.4 Å². The lowest BCUT2D eigenvalue weighted by Crippen LogP contribution is -2.05. The third kappa shape index (κ3) is 2.92. The molecule has 1 atom stereocenters. The Kier molecular flexibility index (Phi) is 4.11. The molecule has 0 aromatic heterocycles. The summed E-state index contributed by atoms with van der Waals surface area (Å²) in [5.41, 5.74) is 8.39. The summed E-state index contributed by atoms with van der Waals surface area (Å²) in [5.74, 6) is 0.622. The van der Waals surface area contributed by atoms with E-state index < -0.39 is 0 Å². The molecule has 0 bridgehead atoms. The van der Waals surface area contributed by atoms with E-state index in [0.29, 0.717) is 5.92 Å². The second-order valence-corrected chi connectivity index (χ2v) is 4.45. The van der Waals surface area contributed by atoms with Crippen molar-refractivity contribution in [2.24, 2.45) is 16.6 Å². The van der Waals surface area contributed by atoms with Gasteiger partial charge in [0.15, 0.2) is 0 Å². The first-order chi connectivity index (χ1) is 7.90. The fraction of sp³-hybridized carbons (Fsp3) is 0.500. The van der Waals surface area contributed by atoms with Crippen LogP contribution in [0.3, 0.4) is 0 Å². The van der Waals surface area contributed by atoms with Crippen LogP contribution in [0.1, 0.15) is 32.1 Å². The maximum atomic E-state index is 5.70. The largest absolute Gasteiger partial charge is 0.327 e. The third-order valence-corrected chi connectivity index (χ3v) is 3.35. The van der Waals surface area contributed by atoms with Crippen LogP contribution in [0, 0.1) is 5.92 Å². The number of nitrogens with zero attached hydrogens (tertiary/aromatic N) is 1. The van der Waals surface area contributed by atoms with Crippen LogP contribution in [0.4, 0.5) is 0 Å². The first-order valence-corrected chi connectivity index (χ1v) is 6.17. The zero-order valence-corrected chi connectivity index (χ0v) is 9.73. The lowest BCUT2D eigenvalue weighted by Gasteiger charge is -2.14. The van der Waals surface area contributed by atoms with E-state index in [9.17, 15) is 0 Å². The van der Waals surface area contributed by atoms with Gasteiger partial charge in [0.25, 0.3) is 0 Å². The van der Waals surface area contributed by atoms with E-state index in [2.05, 4.69) is 23.2 Å². The number of hydrogen-bond donors (Lipinski definition) is 1. The average molecular weight is 216 g/mol. The summed E-state index contributed by atoms with van der Waals surface area (Å²) < 4.78 is 0. The van der Waals surface area contributed by atoms with Crippen molar-refractivity contribution in [2.75, 3.05) is 6.54 Å². The van der Waals surface area contributed by atoms with E-state index in [4.69, 9.17) is 5.73 Å². The van der Waals surface area contributed by atoms with Gasteiger partial charge in [-0.1, -0.05) is 23.8 Å². The summed E-state index contributed by atoms with van der Waals surface area (Å²) in [6.45, 7) is 0.719. The van der Waals surface area contributed by atoms with Crippen molar-refractivity contribution in [2.45, 2.75) is 32.1 Å². The minimum absolute atomic E-state index is 0.622. The van der Waals surface area contributed by atoms with Crippen molar-refractivity contribution in [1.82, 2.24) is 0 Å². The molecule has 16 heavy (non-hydrogen) atoms. The molecule has 0 aromatic rings. The first kappa shape index (κ1) is 11.3. The molecule has 86 valence electrons. The van der Waals surface area contributed by atoms with Crippen molar-refractivity contribution >= 4 is 6.21 Å². The molecule has 2 heteroatoms. The molecule has 0 saturated carbocycles. The lowest BCUT2D eigenvalue weighted by molar-refractivity contribution is 0.530. The van der Waals surface area contributed by atoms with Crippen molar-refractivity contribution in [3.8, 4) is 0 Å². The van der Waals surface area contributed by atoms with E-state index in [1.165, 1.54) is 24.1 Å². The number of aliphatic imine (C=N–C) groups is 1. The molecule has 0 fully saturated rings. The Labute approximate surface area is 97.6 Å². The van der Waals surface area contributed by atoms with Gasteiger partial charge in [-0.15, -0.1) is 0 Å². The summed E-state index contributed by atoms with van der Waals surface area (Å²) in [6, 6.07) is 0. The molecule has 0 aromatic carbocycles. The summed E-state index contributed by atoms with van der Waals surface area (Å²) in [5, 5.41) is 0. The highest BCUT2D eigenvalue weighted by atomic mass is 14.7. The summed E-state index contributed by atoms with van der Waals surface area (Å²) >= 11 is 0. The van der Waals surface area contributed by atoms with E-state index >= 15 is 0 Å². The minimum atomic E-state index is 0.622. The van der Waals surface area contributed by atoms with Gasteiger partial charge in [-0.05, 0) is 38.2 Å². The molecule has 2 N–H and O–H groups in total. The third-order valence-electron chi connectivity index (χ3n) is 3.35. The monoisotopic (exact) mass is 216 g/mol. The maximum absolute atomic E-state index is 5.70. The number of rotatable bonds is 2. The van der Waals surface area contributed by atoms with E-state index in [-0.39, 0.29) is 0 Å². The van der Waals surface area contributed by atoms with Crippen LogP contribution in [0.5, 0.6) is 0 Å². The van der Waals surface area contributed by atoms with Gasteiger partial charge in [-0.3, -0.25) is 4.99 Å². The van der Waals surface area contributed by atoms with Crippen molar-refractivity contribution in [3.05, 3.63) is 35.6 Å². The zero-order chi connectivity index (χ0) is 11.2. The second-order valence-electron chi connectivity index (χ2n) is 4.45. The van der Waals surface area contributed by atoms with Crippen LogP contribution >= 0.6 is 0 Å². The van der Waals surface area contributed by atoms with Crippen LogP contribution < -0.4 is 5.73 Å². The predicted octanol–water partition coefficient (Wildman–Crippen LogP) is 2.98. The normalized spacial score (nSPS) is 25.7. The van der Waals surface area contributed by atoms with Crippen LogP contribution in [0.25, 0.3) is 0 Å². The highest BCUT2D eigenvalue weighted by Gasteiger charge is 2.16. The Hall–Kier alpha value is -1.15. The van der Waals surface area contributed by atoms with Crippen LogP contribution in [-0.2, 0) is 0 Å². The number of allylic oxidation sites excluding steroid dienone is 5. The molecule has 1 heterocycles.